The maximum atomic E-state index is 13.5. The molecule has 8 heteroatoms. The molecule has 1 saturated carbocycles. The lowest BCUT2D eigenvalue weighted by Gasteiger charge is -2.29. The van der Waals surface area contributed by atoms with E-state index in [4.69, 9.17) is 4.98 Å². The molecule has 1 aromatic carbocycles. The van der Waals surface area contributed by atoms with Crippen LogP contribution in [-0.4, -0.2) is 30.9 Å². The molecule has 6 rings (SSSR count). The molecule has 0 saturated heterocycles. The van der Waals surface area contributed by atoms with Crippen molar-refractivity contribution in [2.45, 2.75) is 64.5 Å². The first-order valence-corrected chi connectivity index (χ1v) is 12.5. The molecule has 4 aromatic rings. The fourth-order valence-corrected chi connectivity index (χ4v) is 4.92. The highest BCUT2D eigenvalue weighted by atomic mass is 16.1. The maximum absolute atomic E-state index is 13.5. The van der Waals surface area contributed by atoms with Gasteiger partial charge in [-0.15, -0.1) is 0 Å². The van der Waals surface area contributed by atoms with Crippen LogP contribution in [0.3, 0.4) is 0 Å². The Kier molecular flexibility index (Phi) is 5.21. The Morgan fingerprint density at radius 1 is 1.09 bits per heavy atom. The minimum atomic E-state index is -0.108. The largest absolute Gasteiger partial charge is 0.324 e. The molecule has 8 nitrogen and oxygen atoms in total. The predicted molar refractivity (Wildman–Crippen MR) is 138 cm³/mol. The van der Waals surface area contributed by atoms with E-state index in [0.717, 1.165) is 55.8 Å². The quantitative estimate of drug-likeness (QED) is 0.461. The van der Waals surface area contributed by atoms with Crippen LogP contribution in [0.25, 0.3) is 16.7 Å². The summed E-state index contributed by atoms with van der Waals surface area (Å²) in [6, 6.07) is 10.6. The number of nitrogens with one attached hydrogen (secondary N) is 2. The Balaban J connectivity index is 1.47. The van der Waals surface area contributed by atoms with Gasteiger partial charge in [-0.3, -0.25) is 9.78 Å². The second-order valence-corrected chi connectivity index (χ2v) is 10.7. The number of fused-ring (bicyclic) bond motifs is 2. The van der Waals surface area contributed by atoms with Gasteiger partial charge in [0, 0.05) is 35.7 Å². The number of pyridine rings is 1. The van der Waals surface area contributed by atoms with Gasteiger partial charge in [0.2, 0.25) is 5.95 Å². The van der Waals surface area contributed by atoms with Crippen molar-refractivity contribution < 1.29 is 0 Å². The highest BCUT2D eigenvalue weighted by Crippen LogP contribution is 2.33. The van der Waals surface area contributed by atoms with Gasteiger partial charge in [-0.1, -0.05) is 26.8 Å². The molecule has 0 amide bonds. The first kappa shape index (κ1) is 22.0. The van der Waals surface area contributed by atoms with E-state index in [1.54, 1.807) is 6.20 Å². The van der Waals surface area contributed by atoms with E-state index < -0.39 is 0 Å². The summed E-state index contributed by atoms with van der Waals surface area (Å²) in [6.45, 7) is 8.31. The molecule has 0 unspecified atom stereocenters. The number of aromatic nitrogens is 5. The van der Waals surface area contributed by atoms with Crippen LogP contribution in [0.1, 0.15) is 62.9 Å². The highest BCUT2D eigenvalue weighted by molar-refractivity contribution is 5.77. The van der Waals surface area contributed by atoms with Crippen LogP contribution in [0.2, 0.25) is 0 Å². The van der Waals surface area contributed by atoms with Gasteiger partial charge in [0.25, 0.3) is 5.56 Å². The standard InChI is InChI=1S/C27H31N7O/c1-27(2,3)23-14-21(10-12-29-23)33-24-22(25(35)34(33)20-5-4-6-20)16-30-26(32-24)31-19-8-7-17-9-11-28-15-18(17)13-19/h7-8,10,12-14,16,20,28H,4-6,9,11,15H2,1-3H3,(H,30,31,32). The van der Waals surface area contributed by atoms with Gasteiger partial charge in [-0.25, -0.2) is 14.3 Å². The van der Waals surface area contributed by atoms with Gasteiger partial charge in [-0.05, 0) is 67.6 Å². The fraction of sp³-hybridized carbons (Fsp3) is 0.407. The van der Waals surface area contributed by atoms with Crippen LogP contribution >= 0.6 is 0 Å². The number of nitrogens with zero attached hydrogens (tertiary/aromatic N) is 5. The second kappa shape index (κ2) is 8.30. The van der Waals surface area contributed by atoms with Crippen LogP contribution in [0, 0.1) is 0 Å². The van der Waals surface area contributed by atoms with Crippen molar-refractivity contribution in [2.75, 3.05) is 11.9 Å². The molecule has 0 spiro atoms. The van der Waals surface area contributed by atoms with Crippen LogP contribution < -0.4 is 16.2 Å². The molecule has 1 aliphatic heterocycles. The molecule has 180 valence electrons. The van der Waals surface area contributed by atoms with Gasteiger partial charge in [0.15, 0.2) is 5.65 Å². The Labute approximate surface area is 204 Å². The van der Waals surface area contributed by atoms with Crippen molar-refractivity contribution in [1.29, 1.82) is 0 Å². The molecule has 4 heterocycles. The van der Waals surface area contributed by atoms with E-state index in [1.165, 1.54) is 11.1 Å². The maximum Gasteiger partial charge on any atom is 0.278 e. The van der Waals surface area contributed by atoms with Crippen LogP contribution in [0.4, 0.5) is 11.6 Å². The SMILES string of the molecule is CC(C)(C)c1cc(-n2c3nc(Nc4ccc5c(c4)CNCC5)ncc3c(=O)n2C2CCC2)ccn1. The van der Waals surface area contributed by atoms with E-state index in [2.05, 4.69) is 65.6 Å². The zero-order valence-corrected chi connectivity index (χ0v) is 20.5. The molecular formula is C27H31N7O. The lowest BCUT2D eigenvalue weighted by Crippen LogP contribution is -2.31. The monoisotopic (exact) mass is 469 g/mol. The number of benzene rings is 1. The van der Waals surface area contributed by atoms with E-state index in [-0.39, 0.29) is 17.0 Å². The summed E-state index contributed by atoms with van der Waals surface area (Å²) >= 11 is 0. The molecule has 0 radical (unpaired) electrons. The Morgan fingerprint density at radius 2 is 1.94 bits per heavy atom. The molecular weight excluding hydrogens is 438 g/mol. The molecule has 35 heavy (non-hydrogen) atoms. The van der Waals surface area contributed by atoms with Crippen molar-refractivity contribution in [3.63, 3.8) is 0 Å². The summed E-state index contributed by atoms with van der Waals surface area (Å²) in [5.74, 6) is 0.478. The first-order chi connectivity index (χ1) is 16.9. The average molecular weight is 470 g/mol. The van der Waals surface area contributed by atoms with E-state index in [1.807, 2.05) is 21.6 Å². The van der Waals surface area contributed by atoms with Crippen molar-refractivity contribution in [2.24, 2.45) is 0 Å². The van der Waals surface area contributed by atoms with E-state index >= 15 is 0 Å². The van der Waals surface area contributed by atoms with Gasteiger partial charge in [0.1, 0.15) is 5.39 Å². The summed E-state index contributed by atoms with van der Waals surface area (Å²) in [7, 11) is 0. The lowest BCUT2D eigenvalue weighted by atomic mass is 9.91. The zero-order chi connectivity index (χ0) is 24.2. The summed E-state index contributed by atoms with van der Waals surface area (Å²) in [6.07, 6.45) is 7.64. The second-order valence-electron chi connectivity index (χ2n) is 10.7. The van der Waals surface area contributed by atoms with Crippen molar-refractivity contribution >= 4 is 22.7 Å². The average Bonchev–Trinajstić information content (AvgIpc) is 3.09. The molecule has 0 atom stereocenters. The van der Waals surface area contributed by atoms with Crippen molar-refractivity contribution in [3.8, 4) is 5.69 Å². The zero-order valence-electron chi connectivity index (χ0n) is 20.5. The molecule has 0 bridgehead atoms. The third-order valence-corrected chi connectivity index (χ3v) is 7.15. The normalized spacial score (nSPS) is 16.2. The summed E-state index contributed by atoms with van der Waals surface area (Å²) < 4.78 is 3.85. The summed E-state index contributed by atoms with van der Waals surface area (Å²) in [5.41, 5.74) is 5.96. The number of rotatable bonds is 4. The molecule has 1 aliphatic carbocycles. The third-order valence-electron chi connectivity index (χ3n) is 7.15. The number of hydrogen-bond acceptors (Lipinski definition) is 6. The molecule has 2 aliphatic rings. The van der Waals surface area contributed by atoms with Gasteiger partial charge >= 0.3 is 0 Å². The summed E-state index contributed by atoms with van der Waals surface area (Å²) in [4.78, 5) is 27.4. The van der Waals surface area contributed by atoms with Crippen molar-refractivity contribution in [3.05, 3.63) is 69.9 Å². The van der Waals surface area contributed by atoms with Gasteiger partial charge in [0.05, 0.1) is 11.7 Å². The first-order valence-electron chi connectivity index (χ1n) is 12.5. The van der Waals surface area contributed by atoms with E-state index in [0.29, 0.717) is 17.0 Å². The Bertz CT molecular complexity index is 1470. The van der Waals surface area contributed by atoms with Crippen molar-refractivity contribution in [1.82, 2.24) is 29.6 Å². The number of anilines is 2. The fourth-order valence-electron chi connectivity index (χ4n) is 4.92. The molecule has 1 fully saturated rings. The summed E-state index contributed by atoms with van der Waals surface area (Å²) in [5, 5.41) is 7.32. The third kappa shape index (κ3) is 3.91. The molecule has 2 N–H and O–H groups in total. The van der Waals surface area contributed by atoms with Crippen LogP contribution in [0.5, 0.6) is 0 Å². The van der Waals surface area contributed by atoms with E-state index in [9.17, 15) is 4.79 Å². The van der Waals surface area contributed by atoms with Gasteiger partial charge < -0.3 is 10.6 Å². The topological polar surface area (TPSA) is 89.7 Å². The smallest absolute Gasteiger partial charge is 0.278 e. The highest BCUT2D eigenvalue weighted by Gasteiger charge is 2.28. The Hall–Kier alpha value is -3.52. The number of hydrogen-bond donors (Lipinski definition) is 2. The minimum Gasteiger partial charge on any atom is -0.324 e. The van der Waals surface area contributed by atoms with Crippen LogP contribution in [-0.2, 0) is 18.4 Å². The predicted octanol–water partition coefficient (Wildman–Crippen LogP) is 4.39. The minimum absolute atomic E-state index is 0.0368. The molecule has 3 aromatic heterocycles. The lowest BCUT2D eigenvalue weighted by molar-refractivity contribution is 0.269. The van der Waals surface area contributed by atoms with Gasteiger partial charge in [-0.2, -0.15) is 4.98 Å². The Morgan fingerprint density at radius 3 is 2.71 bits per heavy atom. The van der Waals surface area contributed by atoms with Crippen LogP contribution in [0.15, 0.2) is 47.5 Å².